The SMILES string of the molecule is COCCNC(=O)CC1CCN(c2cccnn2)CC1. The number of nitrogens with zero attached hydrogens (tertiary/aromatic N) is 3. The van der Waals surface area contributed by atoms with Crippen LogP contribution in [0.1, 0.15) is 19.3 Å². The van der Waals surface area contributed by atoms with Crippen molar-refractivity contribution in [3.8, 4) is 0 Å². The fourth-order valence-electron chi connectivity index (χ4n) is 2.46. The van der Waals surface area contributed by atoms with E-state index in [2.05, 4.69) is 20.4 Å². The number of ether oxygens (including phenoxy) is 1. The molecule has 0 aliphatic carbocycles. The van der Waals surface area contributed by atoms with E-state index in [9.17, 15) is 4.79 Å². The van der Waals surface area contributed by atoms with Gasteiger partial charge in [-0.3, -0.25) is 4.79 Å². The van der Waals surface area contributed by atoms with Crippen LogP contribution in [0.15, 0.2) is 18.3 Å². The third-order valence-corrected chi connectivity index (χ3v) is 3.60. The van der Waals surface area contributed by atoms with Crippen LogP contribution in [0.25, 0.3) is 0 Å². The summed E-state index contributed by atoms with van der Waals surface area (Å²) in [5.41, 5.74) is 0. The summed E-state index contributed by atoms with van der Waals surface area (Å²) in [6.07, 6.45) is 4.33. The molecule has 1 fully saturated rings. The van der Waals surface area contributed by atoms with Crippen LogP contribution in [-0.2, 0) is 9.53 Å². The quantitative estimate of drug-likeness (QED) is 0.781. The van der Waals surface area contributed by atoms with E-state index in [1.807, 2.05) is 12.1 Å². The second kappa shape index (κ2) is 7.79. The molecule has 2 heterocycles. The molecule has 1 aromatic rings. The highest BCUT2D eigenvalue weighted by atomic mass is 16.5. The van der Waals surface area contributed by atoms with Gasteiger partial charge in [0.05, 0.1) is 6.61 Å². The lowest BCUT2D eigenvalue weighted by atomic mass is 9.93. The lowest BCUT2D eigenvalue weighted by Crippen LogP contribution is -2.36. The molecule has 20 heavy (non-hydrogen) atoms. The molecule has 1 aliphatic rings. The van der Waals surface area contributed by atoms with Crippen LogP contribution in [0, 0.1) is 5.92 Å². The molecule has 0 unspecified atom stereocenters. The molecule has 0 bridgehead atoms. The standard InChI is InChI=1S/C14H22N4O2/c1-20-10-7-15-14(19)11-12-4-8-18(9-5-12)13-3-2-6-16-17-13/h2-3,6,12H,4-5,7-11H2,1H3,(H,15,19). The first kappa shape index (κ1) is 14.7. The first-order valence-corrected chi connectivity index (χ1v) is 7.08. The number of methoxy groups -OCH3 is 1. The minimum absolute atomic E-state index is 0.125. The van der Waals surface area contributed by atoms with Gasteiger partial charge in [-0.05, 0) is 30.9 Å². The molecule has 6 nitrogen and oxygen atoms in total. The van der Waals surface area contributed by atoms with E-state index in [1.165, 1.54) is 0 Å². The number of nitrogens with one attached hydrogen (secondary N) is 1. The van der Waals surface area contributed by atoms with Crippen molar-refractivity contribution < 1.29 is 9.53 Å². The third kappa shape index (κ3) is 4.45. The summed E-state index contributed by atoms with van der Waals surface area (Å²) in [7, 11) is 1.63. The van der Waals surface area contributed by atoms with E-state index in [0.29, 0.717) is 25.5 Å². The molecule has 0 radical (unpaired) electrons. The smallest absolute Gasteiger partial charge is 0.220 e. The minimum atomic E-state index is 0.125. The van der Waals surface area contributed by atoms with Gasteiger partial charge >= 0.3 is 0 Å². The van der Waals surface area contributed by atoms with Gasteiger partial charge in [0.2, 0.25) is 5.91 Å². The lowest BCUT2D eigenvalue weighted by Gasteiger charge is -2.32. The molecule has 0 atom stereocenters. The molecule has 2 rings (SSSR count). The van der Waals surface area contributed by atoms with Gasteiger partial charge in [-0.2, -0.15) is 5.10 Å². The maximum absolute atomic E-state index is 11.7. The van der Waals surface area contributed by atoms with Crippen molar-refractivity contribution in [1.82, 2.24) is 15.5 Å². The van der Waals surface area contributed by atoms with Crippen molar-refractivity contribution in [3.05, 3.63) is 18.3 Å². The van der Waals surface area contributed by atoms with E-state index >= 15 is 0 Å². The summed E-state index contributed by atoms with van der Waals surface area (Å²) >= 11 is 0. The van der Waals surface area contributed by atoms with Crippen molar-refractivity contribution in [2.45, 2.75) is 19.3 Å². The molecule has 6 heteroatoms. The van der Waals surface area contributed by atoms with Crippen molar-refractivity contribution >= 4 is 11.7 Å². The molecule has 0 saturated carbocycles. The molecule has 1 N–H and O–H groups in total. The number of rotatable bonds is 6. The van der Waals surface area contributed by atoms with Crippen LogP contribution in [0.3, 0.4) is 0 Å². The summed E-state index contributed by atoms with van der Waals surface area (Å²) in [6.45, 7) is 3.04. The van der Waals surface area contributed by atoms with Crippen LogP contribution in [0.2, 0.25) is 0 Å². The number of anilines is 1. The average molecular weight is 278 g/mol. The minimum Gasteiger partial charge on any atom is -0.383 e. The Kier molecular flexibility index (Phi) is 5.73. The Morgan fingerprint density at radius 1 is 1.50 bits per heavy atom. The van der Waals surface area contributed by atoms with E-state index in [1.54, 1.807) is 13.3 Å². The molecule has 1 aromatic heterocycles. The lowest BCUT2D eigenvalue weighted by molar-refractivity contribution is -0.122. The van der Waals surface area contributed by atoms with Crippen LogP contribution in [0.4, 0.5) is 5.82 Å². The van der Waals surface area contributed by atoms with Crippen LogP contribution in [0.5, 0.6) is 0 Å². The number of piperidine rings is 1. The van der Waals surface area contributed by atoms with E-state index < -0.39 is 0 Å². The van der Waals surface area contributed by atoms with Gasteiger partial charge in [0.15, 0.2) is 5.82 Å². The molecular weight excluding hydrogens is 256 g/mol. The Morgan fingerprint density at radius 3 is 2.95 bits per heavy atom. The van der Waals surface area contributed by atoms with Crippen LogP contribution < -0.4 is 10.2 Å². The summed E-state index contributed by atoms with van der Waals surface area (Å²) in [5.74, 6) is 1.51. The topological polar surface area (TPSA) is 67.3 Å². The number of amides is 1. The number of aromatic nitrogens is 2. The van der Waals surface area contributed by atoms with Gasteiger partial charge in [0, 0.05) is 39.4 Å². The molecule has 110 valence electrons. The summed E-state index contributed by atoms with van der Waals surface area (Å²) in [4.78, 5) is 14.0. The first-order chi connectivity index (χ1) is 9.79. The summed E-state index contributed by atoms with van der Waals surface area (Å²) in [6, 6.07) is 3.88. The second-order valence-corrected chi connectivity index (χ2v) is 5.06. The highest BCUT2D eigenvalue weighted by molar-refractivity contribution is 5.76. The average Bonchev–Trinajstić information content (AvgIpc) is 2.49. The molecule has 1 saturated heterocycles. The third-order valence-electron chi connectivity index (χ3n) is 3.60. The van der Waals surface area contributed by atoms with Gasteiger partial charge in [-0.15, -0.1) is 5.10 Å². The van der Waals surface area contributed by atoms with Gasteiger partial charge in [-0.25, -0.2) is 0 Å². The van der Waals surface area contributed by atoms with Gasteiger partial charge in [0.25, 0.3) is 0 Å². The van der Waals surface area contributed by atoms with Crippen LogP contribution in [-0.4, -0.2) is 49.5 Å². The normalized spacial score (nSPS) is 16.1. The second-order valence-electron chi connectivity index (χ2n) is 5.06. The zero-order valence-electron chi connectivity index (χ0n) is 11.9. The Morgan fingerprint density at radius 2 is 2.30 bits per heavy atom. The largest absolute Gasteiger partial charge is 0.383 e. The fourth-order valence-corrected chi connectivity index (χ4v) is 2.46. The Hall–Kier alpha value is -1.69. The van der Waals surface area contributed by atoms with Gasteiger partial charge < -0.3 is 15.0 Å². The number of carbonyl (C=O) groups excluding carboxylic acids is 1. The predicted molar refractivity (Wildman–Crippen MR) is 76.5 cm³/mol. The van der Waals surface area contributed by atoms with Gasteiger partial charge in [0.1, 0.15) is 0 Å². The Labute approximate surface area is 119 Å². The maximum atomic E-state index is 11.7. The monoisotopic (exact) mass is 278 g/mol. The van der Waals surface area contributed by atoms with Crippen molar-refractivity contribution in [1.29, 1.82) is 0 Å². The highest BCUT2D eigenvalue weighted by Gasteiger charge is 2.22. The number of hydrogen-bond acceptors (Lipinski definition) is 5. The van der Waals surface area contributed by atoms with Crippen molar-refractivity contribution in [2.24, 2.45) is 5.92 Å². The highest BCUT2D eigenvalue weighted by Crippen LogP contribution is 2.23. The van der Waals surface area contributed by atoms with Crippen molar-refractivity contribution in [2.75, 3.05) is 38.3 Å². The fraction of sp³-hybridized carbons (Fsp3) is 0.643. The van der Waals surface area contributed by atoms with E-state index in [0.717, 1.165) is 31.7 Å². The van der Waals surface area contributed by atoms with E-state index in [-0.39, 0.29) is 5.91 Å². The maximum Gasteiger partial charge on any atom is 0.220 e. The number of carbonyl (C=O) groups is 1. The zero-order chi connectivity index (χ0) is 14.2. The Bertz CT molecular complexity index is 405. The molecule has 1 amide bonds. The molecule has 0 aromatic carbocycles. The summed E-state index contributed by atoms with van der Waals surface area (Å²) < 4.78 is 4.91. The Balaban J connectivity index is 1.70. The van der Waals surface area contributed by atoms with Crippen molar-refractivity contribution in [3.63, 3.8) is 0 Å². The van der Waals surface area contributed by atoms with Gasteiger partial charge in [-0.1, -0.05) is 0 Å². The number of hydrogen-bond donors (Lipinski definition) is 1. The molecular formula is C14H22N4O2. The predicted octanol–water partition coefficient (Wildman–Crippen LogP) is 0.846. The van der Waals surface area contributed by atoms with Crippen LogP contribution >= 0.6 is 0 Å². The molecule has 0 spiro atoms. The van der Waals surface area contributed by atoms with E-state index in [4.69, 9.17) is 4.74 Å². The molecule has 1 aliphatic heterocycles. The first-order valence-electron chi connectivity index (χ1n) is 7.08. The zero-order valence-corrected chi connectivity index (χ0v) is 11.9. The summed E-state index contributed by atoms with van der Waals surface area (Å²) in [5, 5.41) is 10.9.